The van der Waals surface area contributed by atoms with Gasteiger partial charge in [-0.05, 0) is 50.7 Å². The zero-order valence-corrected chi connectivity index (χ0v) is 17.5. The van der Waals surface area contributed by atoms with Gasteiger partial charge in [-0.3, -0.25) is 4.79 Å². The Morgan fingerprint density at radius 3 is 2.16 bits per heavy atom. The molecule has 5 nitrogen and oxygen atoms in total. The first-order valence-electron chi connectivity index (χ1n) is 10.1. The maximum Gasteiger partial charge on any atom is 0.417 e. The van der Waals surface area contributed by atoms with Crippen molar-refractivity contribution in [2.75, 3.05) is 0 Å². The second-order valence-corrected chi connectivity index (χ2v) is 12.5. The highest BCUT2D eigenvalue weighted by molar-refractivity contribution is 6.73. The molecular weight excluding hydrogens is 334 g/mol. The quantitative estimate of drug-likeness (QED) is 0.481. The van der Waals surface area contributed by atoms with Crippen LogP contribution in [0.5, 0.6) is 0 Å². The maximum absolute atomic E-state index is 12.8. The van der Waals surface area contributed by atoms with Crippen molar-refractivity contribution in [3.63, 3.8) is 0 Å². The summed E-state index contributed by atoms with van der Waals surface area (Å²) in [5.41, 5.74) is 0. The van der Waals surface area contributed by atoms with Crippen LogP contribution in [0.2, 0.25) is 18.1 Å². The standard InChI is InChI=1S/C19H35NO4Si/c1-6-25(7-2,8-3)24-17-16(15-12-10-9-11-13-15)20(18(17)21)19(22)23-14(4)5/h14-17H,6-13H2,1-5H3. The number of β-lactam (4-membered cyclic amide) rings is 1. The van der Waals surface area contributed by atoms with Crippen molar-refractivity contribution >= 4 is 20.3 Å². The van der Waals surface area contributed by atoms with Gasteiger partial charge in [0.1, 0.15) is 6.10 Å². The predicted octanol–water partition coefficient (Wildman–Crippen LogP) is 4.71. The lowest BCUT2D eigenvalue weighted by Gasteiger charge is -2.51. The minimum absolute atomic E-state index is 0.129. The van der Waals surface area contributed by atoms with E-state index in [9.17, 15) is 9.59 Å². The molecule has 2 rings (SSSR count). The van der Waals surface area contributed by atoms with Crippen LogP contribution in [-0.4, -0.2) is 43.5 Å². The lowest BCUT2D eigenvalue weighted by molar-refractivity contribution is -0.166. The molecule has 1 aliphatic carbocycles. The van der Waals surface area contributed by atoms with E-state index in [-0.39, 0.29) is 18.1 Å². The van der Waals surface area contributed by atoms with Crippen molar-refractivity contribution in [2.24, 2.45) is 5.92 Å². The van der Waals surface area contributed by atoms with Crippen molar-refractivity contribution in [1.29, 1.82) is 0 Å². The SMILES string of the molecule is CC[Si](CC)(CC)OC1C(=O)N(C(=O)OC(C)C)C1C1CCCCC1. The van der Waals surface area contributed by atoms with E-state index in [2.05, 4.69) is 20.8 Å². The van der Waals surface area contributed by atoms with E-state index >= 15 is 0 Å². The third-order valence-corrected chi connectivity index (χ3v) is 10.7. The first kappa shape index (κ1) is 20.4. The van der Waals surface area contributed by atoms with Gasteiger partial charge in [0.25, 0.3) is 5.91 Å². The Labute approximate surface area is 153 Å². The topological polar surface area (TPSA) is 55.8 Å². The minimum Gasteiger partial charge on any atom is -0.446 e. The van der Waals surface area contributed by atoms with Crippen LogP contribution in [0.25, 0.3) is 0 Å². The van der Waals surface area contributed by atoms with E-state index < -0.39 is 20.5 Å². The van der Waals surface area contributed by atoms with Gasteiger partial charge in [-0.25, -0.2) is 9.69 Å². The van der Waals surface area contributed by atoms with Crippen molar-refractivity contribution in [3.05, 3.63) is 0 Å². The number of carbonyl (C=O) groups excluding carboxylic acids is 2. The van der Waals surface area contributed by atoms with E-state index in [0.717, 1.165) is 31.0 Å². The van der Waals surface area contributed by atoms with Crippen LogP contribution in [-0.2, 0) is 14.0 Å². The molecule has 0 spiro atoms. The fourth-order valence-corrected chi connectivity index (χ4v) is 7.06. The summed E-state index contributed by atoms with van der Waals surface area (Å²) in [6, 6.07) is 2.91. The van der Waals surface area contributed by atoms with E-state index in [4.69, 9.17) is 9.16 Å². The molecule has 6 heteroatoms. The number of hydrogen-bond donors (Lipinski definition) is 0. The van der Waals surface area contributed by atoms with Gasteiger partial charge in [0.15, 0.2) is 8.32 Å². The van der Waals surface area contributed by atoms with Gasteiger partial charge in [0.2, 0.25) is 0 Å². The molecule has 0 aromatic rings. The fraction of sp³-hybridized carbons (Fsp3) is 0.895. The monoisotopic (exact) mass is 369 g/mol. The fourth-order valence-electron chi connectivity index (χ4n) is 4.28. The molecule has 2 unspecified atom stereocenters. The predicted molar refractivity (Wildman–Crippen MR) is 101 cm³/mol. The van der Waals surface area contributed by atoms with Crippen LogP contribution in [0.1, 0.15) is 66.7 Å². The van der Waals surface area contributed by atoms with Crippen molar-refractivity contribution < 1.29 is 18.8 Å². The minimum atomic E-state index is -1.89. The number of carbonyl (C=O) groups is 2. The molecular formula is C19H35NO4Si. The Balaban J connectivity index is 2.19. The molecule has 1 saturated heterocycles. The highest BCUT2D eigenvalue weighted by atomic mass is 28.4. The number of amides is 2. The summed E-state index contributed by atoms with van der Waals surface area (Å²) < 4.78 is 11.8. The summed E-state index contributed by atoms with van der Waals surface area (Å²) in [7, 11) is -1.89. The first-order chi connectivity index (χ1) is 11.9. The van der Waals surface area contributed by atoms with E-state index in [1.807, 2.05) is 13.8 Å². The second-order valence-electron chi connectivity index (χ2n) is 7.81. The van der Waals surface area contributed by atoms with Crippen LogP contribution in [0.15, 0.2) is 0 Å². The number of nitrogens with zero attached hydrogens (tertiary/aromatic N) is 1. The van der Waals surface area contributed by atoms with E-state index in [1.54, 1.807) is 0 Å². The molecule has 0 N–H and O–H groups in total. The molecule has 144 valence electrons. The first-order valence-corrected chi connectivity index (χ1v) is 12.6. The Morgan fingerprint density at radius 1 is 1.12 bits per heavy atom. The lowest BCUT2D eigenvalue weighted by Crippen LogP contribution is -2.72. The molecule has 0 radical (unpaired) electrons. The Bertz CT molecular complexity index is 464. The maximum atomic E-state index is 12.8. The van der Waals surface area contributed by atoms with Gasteiger partial charge < -0.3 is 9.16 Å². The Kier molecular flexibility index (Phi) is 7.08. The largest absolute Gasteiger partial charge is 0.446 e. The van der Waals surface area contributed by atoms with Crippen LogP contribution >= 0.6 is 0 Å². The number of hydrogen-bond acceptors (Lipinski definition) is 4. The highest BCUT2D eigenvalue weighted by Gasteiger charge is 2.57. The molecule has 2 atom stereocenters. The van der Waals surface area contributed by atoms with Gasteiger partial charge in [-0.15, -0.1) is 0 Å². The van der Waals surface area contributed by atoms with Crippen LogP contribution in [0.4, 0.5) is 4.79 Å². The molecule has 25 heavy (non-hydrogen) atoms. The van der Waals surface area contributed by atoms with Gasteiger partial charge in [0, 0.05) is 0 Å². The van der Waals surface area contributed by atoms with Gasteiger partial charge in [0.05, 0.1) is 12.1 Å². The van der Waals surface area contributed by atoms with Crippen molar-refractivity contribution in [3.8, 4) is 0 Å². The van der Waals surface area contributed by atoms with Crippen molar-refractivity contribution in [2.45, 2.75) is 103 Å². The van der Waals surface area contributed by atoms with Crippen LogP contribution < -0.4 is 0 Å². The third kappa shape index (κ3) is 4.27. The summed E-state index contributed by atoms with van der Waals surface area (Å²) >= 11 is 0. The average molecular weight is 370 g/mol. The number of imide groups is 1. The number of ether oxygens (including phenoxy) is 1. The van der Waals surface area contributed by atoms with Crippen LogP contribution in [0.3, 0.4) is 0 Å². The molecule has 1 aliphatic heterocycles. The smallest absolute Gasteiger partial charge is 0.417 e. The van der Waals surface area contributed by atoms with E-state index in [1.165, 1.54) is 24.2 Å². The molecule has 2 amide bonds. The summed E-state index contributed by atoms with van der Waals surface area (Å²) in [5.74, 6) is 0.168. The number of rotatable bonds is 7. The highest BCUT2D eigenvalue weighted by Crippen LogP contribution is 2.40. The Hall–Kier alpha value is -0.883. The van der Waals surface area contributed by atoms with Crippen molar-refractivity contribution in [1.82, 2.24) is 4.90 Å². The normalized spacial score (nSPS) is 25.2. The Morgan fingerprint density at radius 2 is 1.68 bits per heavy atom. The molecule has 2 aliphatic rings. The number of likely N-dealkylation sites (tertiary alicyclic amines) is 1. The summed E-state index contributed by atoms with van der Waals surface area (Å²) in [5, 5.41) is 0. The summed E-state index contributed by atoms with van der Waals surface area (Å²) in [6.07, 6.45) is 4.59. The van der Waals surface area contributed by atoms with Gasteiger partial charge >= 0.3 is 6.09 Å². The third-order valence-electron chi connectivity index (χ3n) is 6.07. The summed E-state index contributed by atoms with van der Waals surface area (Å²) in [6.45, 7) is 10.1. The van der Waals surface area contributed by atoms with Crippen LogP contribution in [0, 0.1) is 5.92 Å². The molecule has 0 aromatic heterocycles. The lowest BCUT2D eigenvalue weighted by atomic mass is 9.77. The zero-order valence-electron chi connectivity index (χ0n) is 16.5. The molecule has 0 aromatic carbocycles. The molecule has 2 fully saturated rings. The molecule has 0 bridgehead atoms. The van der Waals surface area contributed by atoms with E-state index in [0.29, 0.717) is 5.92 Å². The molecule has 1 heterocycles. The summed E-state index contributed by atoms with van der Waals surface area (Å²) in [4.78, 5) is 26.6. The average Bonchev–Trinajstić information content (AvgIpc) is 2.61. The van der Waals surface area contributed by atoms with Gasteiger partial charge in [-0.2, -0.15) is 0 Å². The van der Waals surface area contributed by atoms with Gasteiger partial charge in [-0.1, -0.05) is 40.0 Å². The zero-order chi connectivity index (χ0) is 18.6. The molecule has 1 saturated carbocycles. The second kappa shape index (κ2) is 8.67.